The lowest BCUT2D eigenvalue weighted by atomic mass is 10.1. The molecule has 0 heterocycles. The lowest BCUT2D eigenvalue weighted by Gasteiger charge is -2.08. The van der Waals surface area contributed by atoms with Crippen LogP contribution in [0.5, 0.6) is 11.5 Å². The first-order valence-corrected chi connectivity index (χ1v) is 4.27. The Kier molecular flexibility index (Phi) is 3.63. The second kappa shape index (κ2) is 4.95. The molecule has 0 aromatic heterocycles. The molecule has 6 nitrogen and oxygen atoms in total. The molecular weight excluding hydrogens is 214 g/mol. The number of isocyanates is 1. The second-order valence-corrected chi connectivity index (χ2v) is 2.91. The van der Waals surface area contributed by atoms with Crippen LogP contribution in [0, 0.1) is 0 Å². The Morgan fingerprint density at radius 3 is 2.75 bits per heavy atom. The van der Waals surface area contributed by atoms with Crippen LogP contribution in [0.4, 0.5) is 0 Å². The number of benzene rings is 1. The van der Waals surface area contributed by atoms with Crippen LogP contribution < -0.4 is 4.74 Å². The smallest absolute Gasteiger partial charge is 0.339 e. The molecule has 0 amide bonds. The van der Waals surface area contributed by atoms with Crippen molar-refractivity contribution in [2.24, 2.45) is 4.99 Å². The van der Waals surface area contributed by atoms with Crippen LogP contribution >= 0.6 is 0 Å². The number of phenols is 1. The highest BCUT2D eigenvalue weighted by Gasteiger charge is 2.15. The number of aromatic hydroxyl groups is 1. The zero-order valence-corrected chi connectivity index (χ0v) is 8.43. The van der Waals surface area contributed by atoms with E-state index in [0.717, 1.165) is 0 Å². The molecule has 1 rings (SSSR count). The molecule has 0 saturated heterocycles. The molecule has 6 heteroatoms. The van der Waals surface area contributed by atoms with Crippen molar-refractivity contribution in [1.82, 2.24) is 0 Å². The highest BCUT2D eigenvalue weighted by molar-refractivity contribution is 5.92. The molecule has 0 atom stereocenters. The topological polar surface area (TPSA) is 96.2 Å². The van der Waals surface area contributed by atoms with Crippen molar-refractivity contribution in [3.63, 3.8) is 0 Å². The number of aliphatic imine (C=N–C) groups is 1. The lowest BCUT2D eigenvalue weighted by molar-refractivity contribution is 0.0693. The van der Waals surface area contributed by atoms with E-state index < -0.39 is 11.7 Å². The first-order valence-electron chi connectivity index (χ1n) is 4.27. The van der Waals surface area contributed by atoms with E-state index in [2.05, 4.69) is 4.99 Å². The van der Waals surface area contributed by atoms with E-state index in [4.69, 9.17) is 9.84 Å². The Bertz CT molecular complexity index is 463. The zero-order valence-electron chi connectivity index (χ0n) is 8.43. The SMILES string of the molecule is COc1cc(CN=C=O)cc(C(=O)O)c1O. The number of rotatable bonds is 4. The number of aromatic carboxylic acids is 1. The average Bonchev–Trinajstić information content (AvgIpc) is 2.27. The van der Waals surface area contributed by atoms with Gasteiger partial charge in [-0.3, -0.25) is 0 Å². The quantitative estimate of drug-likeness (QED) is 0.584. The van der Waals surface area contributed by atoms with Crippen LogP contribution in [-0.4, -0.2) is 29.4 Å². The maximum absolute atomic E-state index is 10.8. The van der Waals surface area contributed by atoms with Crippen molar-refractivity contribution in [2.75, 3.05) is 7.11 Å². The molecule has 0 saturated carbocycles. The number of nitrogens with zero attached hydrogens (tertiary/aromatic N) is 1. The third-order valence-electron chi connectivity index (χ3n) is 1.91. The van der Waals surface area contributed by atoms with Gasteiger partial charge in [-0.15, -0.1) is 0 Å². The summed E-state index contributed by atoms with van der Waals surface area (Å²) in [6.07, 6.45) is 1.34. The van der Waals surface area contributed by atoms with Gasteiger partial charge in [-0.05, 0) is 17.7 Å². The summed E-state index contributed by atoms with van der Waals surface area (Å²) in [5, 5.41) is 18.3. The second-order valence-electron chi connectivity index (χ2n) is 2.91. The third-order valence-corrected chi connectivity index (χ3v) is 1.91. The number of carboxylic acid groups (broad SMARTS) is 1. The molecule has 16 heavy (non-hydrogen) atoms. The molecule has 0 bridgehead atoms. The molecule has 2 N–H and O–H groups in total. The van der Waals surface area contributed by atoms with Crippen molar-refractivity contribution in [2.45, 2.75) is 6.54 Å². The van der Waals surface area contributed by atoms with Gasteiger partial charge in [0.05, 0.1) is 13.7 Å². The minimum Gasteiger partial charge on any atom is -0.504 e. The summed E-state index contributed by atoms with van der Waals surface area (Å²) in [7, 11) is 1.30. The summed E-state index contributed by atoms with van der Waals surface area (Å²) >= 11 is 0. The van der Waals surface area contributed by atoms with Crippen molar-refractivity contribution >= 4 is 12.0 Å². The summed E-state index contributed by atoms with van der Waals surface area (Å²) < 4.78 is 4.80. The first-order chi connectivity index (χ1) is 7.60. The molecule has 0 aliphatic rings. The Morgan fingerprint density at radius 2 is 2.25 bits per heavy atom. The molecule has 0 fully saturated rings. The van der Waals surface area contributed by atoms with Gasteiger partial charge in [0.2, 0.25) is 6.08 Å². The predicted octanol–water partition coefficient (Wildman–Crippen LogP) is 0.935. The first kappa shape index (κ1) is 11.7. The molecule has 0 aliphatic carbocycles. The number of carbonyl (C=O) groups is 1. The maximum atomic E-state index is 10.8. The fraction of sp³-hybridized carbons (Fsp3) is 0.200. The Hall–Kier alpha value is -2.33. The van der Waals surface area contributed by atoms with Gasteiger partial charge < -0.3 is 14.9 Å². The Labute approximate surface area is 90.8 Å². The highest BCUT2D eigenvalue weighted by Crippen LogP contribution is 2.31. The van der Waals surface area contributed by atoms with E-state index in [-0.39, 0.29) is 17.9 Å². The van der Waals surface area contributed by atoms with Gasteiger partial charge in [0.15, 0.2) is 11.5 Å². The number of hydrogen-bond donors (Lipinski definition) is 2. The monoisotopic (exact) mass is 223 g/mol. The molecule has 0 spiro atoms. The van der Waals surface area contributed by atoms with Gasteiger partial charge in [0, 0.05) is 0 Å². The van der Waals surface area contributed by atoms with Crippen molar-refractivity contribution < 1.29 is 24.5 Å². The van der Waals surface area contributed by atoms with Crippen molar-refractivity contribution in [3.8, 4) is 11.5 Å². The van der Waals surface area contributed by atoms with E-state index >= 15 is 0 Å². The van der Waals surface area contributed by atoms with E-state index in [0.29, 0.717) is 5.56 Å². The van der Waals surface area contributed by atoms with Gasteiger partial charge in [0.25, 0.3) is 0 Å². The normalized spacial score (nSPS) is 9.31. The van der Waals surface area contributed by atoms with E-state index in [9.17, 15) is 14.7 Å². The number of ether oxygens (including phenoxy) is 1. The Morgan fingerprint density at radius 1 is 1.56 bits per heavy atom. The van der Waals surface area contributed by atoms with Crippen LogP contribution in [0.2, 0.25) is 0 Å². The van der Waals surface area contributed by atoms with Gasteiger partial charge in [-0.1, -0.05) is 0 Å². The van der Waals surface area contributed by atoms with Crippen LogP contribution in [0.25, 0.3) is 0 Å². The molecule has 0 aliphatic heterocycles. The van der Waals surface area contributed by atoms with Gasteiger partial charge in [0.1, 0.15) is 5.56 Å². The van der Waals surface area contributed by atoms with Crippen LogP contribution in [-0.2, 0) is 11.3 Å². The van der Waals surface area contributed by atoms with E-state index in [1.165, 1.54) is 25.3 Å². The third kappa shape index (κ3) is 2.37. The van der Waals surface area contributed by atoms with Crippen molar-refractivity contribution in [3.05, 3.63) is 23.3 Å². The van der Waals surface area contributed by atoms with Gasteiger partial charge >= 0.3 is 5.97 Å². The predicted molar refractivity (Wildman–Crippen MR) is 53.4 cm³/mol. The number of methoxy groups -OCH3 is 1. The lowest BCUT2D eigenvalue weighted by Crippen LogP contribution is -2.00. The van der Waals surface area contributed by atoms with Gasteiger partial charge in [-0.2, -0.15) is 0 Å². The van der Waals surface area contributed by atoms with Gasteiger partial charge in [-0.25, -0.2) is 14.6 Å². The van der Waals surface area contributed by atoms with E-state index in [1.807, 2.05) is 0 Å². The van der Waals surface area contributed by atoms with E-state index in [1.54, 1.807) is 0 Å². The van der Waals surface area contributed by atoms with Crippen LogP contribution in [0.1, 0.15) is 15.9 Å². The van der Waals surface area contributed by atoms with Crippen LogP contribution in [0.15, 0.2) is 17.1 Å². The summed E-state index contributed by atoms with van der Waals surface area (Å²) in [6, 6.07) is 2.63. The summed E-state index contributed by atoms with van der Waals surface area (Å²) in [4.78, 5) is 24.0. The fourth-order valence-corrected chi connectivity index (χ4v) is 1.20. The summed E-state index contributed by atoms with van der Waals surface area (Å²) in [5.41, 5.74) is 0.144. The minimum absolute atomic E-state index is 0.0135. The minimum atomic E-state index is -1.28. The molecule has 1 aromatic rings. The number of hydrogen-bond acceptors (Lipinski definition) is 5. The fourth-order valence-electron chi connectivity index (χ4n) is 1.20. The van der Waals surface area contributed by atoms with Crippen LogP contribution in [0.3, 0.4) is 0 Å². The maximum Gasteiger partial charge on any atom is 0.339 e. The zero-order chi connectivity index (χ0) is 12.1. The molecular formula is C10H9NO5. The molecule has 1 aromatic carbocycles. The summed E-state index contributed by atoms with van der Waals surface area (Å²) in [6.45, 7) is -0.0135. The Balaban J connectivity index is 3.27. The number of carboxylic acids is 1. The molecule has 0 unspecified atom stereocenters. The largest absolute Gasteiger partial charge is 0.504 e. The van der Waals surface area contributed by atoms with Crippen molar-refractivity contribution in [1.29, 1.82) is 0 Å². The number of carbonyl (C=O) groups excluding carboxylic acids is 1. The highest BCUT2D eigenvalue weighted by atomic mass is 16.5. The standard InChI is InChI=1S/C10H9NO5/c1-16-8-3-6(4-11-5-12)2-7(9(8)13)10(14)15/h2-3,13H,4H2,1H3,(H,14,15). The average molecular weight is 223 g/mol. The molecule has 0 radical (unpaired) electrons. The summed E-state index contributed by atoms with van der Waals surface area (Å²) in [5.74, 6) is -1.71. The molecule has 84 valence electrons.